The summed E-state index contributed by atoms with van der Waals surface area (Å²) in [5.41, 5.74) is 3.08. The number of rotatable bonds is 4. The van der Waals surface area contributed by atoms with Crippen molar-refractivity contribution in [2.75, 3.05) is 11.9 Å². The summed E-state index contributed by atoms with van der Waals surface area (Å²) in [5.74, 6) is 0.684. The molecule has 0 saturated carbocycles. The lowest BCUT2D eigenvalue weighted by atomic mass is 10.1. The maximum atomic E-state index is 12.4. The molecular weight excluding hydrogens is 262 g/mol. The number of carbonyl (C=O) groups excluding carboxylic acids is 1. The third-order valence-electron chi connectivity index (χ3n) is 3.46. The van der Waals surface area contributed by atoms with Gasteiger partial charge in [-0.15, -0.1) is 0 Å². The van der Waals surface area contributed by atoms with Crippen molar-refractivity contribution < 1.29 is 9.53 Å². The molecule has 0 aromatic heterocycles. The Morgan fingerprint density at radius 3 is 2.38 bits per heavy atom. The summed E-state index contributed by atoms with van der Waals surface area (Å²) in [4.78, 5) is 14.0. The molecule has 0 spiro atoms. The van der Waals surface area contributed by atoms with Crippen LogP contribution in [0.3, 0.4) is 0 Å². The summed E-state index contributed by atoms with van der Waals surface area (Å²) < 4.78 is 5.81. The first-order valence-corrected chi connectivity index (χ1v) is 7.05. The number of ether oxygens (including phenoxy) is 1. The molecule has 3 nitrogen and oxygen atoms in total. The van der Waals surface area contributed by atoms with Crippen molar-refractivity contribution in [2.45, 2.75) is 26.9 Å². The van der Waals surface area contributed by atoms with E-state index in [9.17, 15) is 4.79 Å². The fourth-order valence-corrected chi connectivity index (χ4v) is 2.22. The van der Waals surface area contributed by atoms with E-state index in [4.69, 9.17) is 4.74 Å². The van der Waals surface area contributed by atoms with Gasteiger partial charge in [0.1, 0.15) is 5.75 Å². The SMILES string of the molecule is Cc1ccc(O[C@H](C)C(=O)N(C)c2ccccc2)c(C)c1. The van der Waals surface area contributed by atoms with Crippen molar-refractivity contribution in [3.8, 4) is 5.75 Å². The largest absolute Gasteiger partial charge is 0.481 e. The third-order valence-corrected chi connectivity index (χ3v) is 3.46. The highest BCUT2D eigenvalue weighted by Crippen LogP contribution is 2.21. The van der Waals surface area contributed by atoms with Crippen molar-refractivity contribution in [3.05, 3.63) is 59.7 Å². The number of likely N-dealkylation sites (N-methyl/N-ethyl adjacent to an activating group) is 1. The minimum absolute atomic E-state index is 0.0684. The predicted octanol–water partition coefficient (Wildman–Crippen LogP) is 3.73. The topological polar surface area (TPSA) is 29.5 Å². The zero-order chi connectivity index (χ0) is 15.4. The van der Waals surface area contributed by atoms with Crippen LogP contribution in [-0.2, 0) is 4.79 Å². The number of para-hydroxylation sites is 1. The molecule has 110 valence electrons. The lowest BCUT2D eigenvalue weighted by molar-refractivity contribution is -0.124. The van der Waals surface area contributed by atoms with E-state index in [1.165, 1.54) is 5.56 Å². The highest BCUT2D eigenvalue weighted by molar-refractivity contribution is 5.96. The Morgan fingerprint density at radius 1 is 1.10 bits per heavy atom. The standard InChI is InChI=1S/C18H21NO2/c1-13-10-11-17(14(2)12-13)21-15(3)18(20)19(4)16-8-6-5-7-9-16/h5-12,15H,1-4H3/t15-/m1/s1. The molecule has 1 amide bonds. The van der Waals surface area contributed by atoms with Gasteiger partial charge in [-0.1, -0.05) is 35.9 Å². The first kappa shape index (κ1) is 15.1. The van der Waals surface area contributed by atoms with Crippen LogP contribution in [0, 0.1) is 13.8 Å². The van der Waals surface area contributed by atoms with Crippen LogP contribution in [0.2, 0.25) is 0 Å². The van der Waals surface area contributed by atoms with Gasteiger partial charge in [0.2, 0.25) is 0 Å². The van der Waals surface area contributed by atoms with E-state index in [1.807, 2.05) is 62.4 Å². The van der Waals surface area contributed by atoms with Gasteiger partial charge in [-0.05, 0) is 44.5 Å². The molecule has 21 heavy (non-hydrogen) atoms. The van der Waals surface area contributed by atoms with E-state index in [-0.39, 0.29) is 5.91 Å². The Labute approximate surface area is 126 Å². The Hall–Kier alpha value is -2.29. The molecule has 2 rings (SSSR count). The molecule has 0 aliphatic rings. The van der Waals surface area contributed by atoms with Gasteiger partial charge >= 0.3 is 0 Å². The van der Waals surface area contributed by atoms with E-state index in [0.29, 0.717) is 0 Å². The van der Waals surface area contributed by atoms with Crippen molar-refractivity contribution in [3.63, 3.8) is 0 Å². The van der Waals surface area contributed by atoms with Crippen molar-refractivity contribution in [1.29, 1.82) is 0 Å². The monoisotopic (exact) mass is 283 g/mol. The minimum atomic E-state index is -0.531. The normalized spacial score (nSPS) is 11.8. The van der Waals surface area contributed by atoms with Crippen LogP contribution in [0.1, 0.15) is 18.1 Å². The van der Waals surface area contributed by atoms with Gasteiger partial charge in [-0.2, -0.15) is 0 Å². The van der Waals surface area contributed by atoms with Crippen molar-refractivity contribution >= 4 is 11.6 Å². The van der Waals surface area contributed by atoms with E-state index < -0.39 is 6.10 Å². The minimum Gasteiger partial charge on any atom is -0.481 e. The lowest BCUT2D eigenvalue weighted by Gasteiger charge is -2.23. The molecule has 0 N–H and O–H groups in total. The summed E-state index contributed by atoms with van der Waals surface area (Å²) in [5, 5.41) is 0. The van der Waals surface area contributed by atoms with Gasteiger partial charge < -0.3 is 9.64 Å². The number of benzene rings is 2. The molecule has 1 atom stereocenters. The second-order valence-electron chi connectivity index (χ2n) is 5.26. The van der Waals surface area contributed by atoms with Crippen LogP contribution in [-0.4, -0.2) is 19.1 Å². The summed E-state index contributed by atoms with van der Waals surface area (Å²) in [6, 6.07) is 15.5. The average Bonchev–Trinajstić information content (AvgIpc) is 2.49. The smallest absolute Gasteiger partial charge is 0.267 e. The van der Waals surface area contributed by atoms with Crippen LogP contribution >= 0.6 is 0 Å². The van der Waals surface area contributed by atoms with E-state index in [0.717, 1.165) is 17.0 Å². The molecule has 0 unspecified atom stereocenters. The average molecular weight is 283 g/mol. The summed E-state index contributed by atoms with van der Waals surface area (Å²) in [6.07, 6.45) is -0.531. The van der Waals surface area contributed by atoms with Crippen LogP contribution < -0.4 is 9.64 Å². The van der Waals surface area contributed by atoms with Crippen LogP contribution in [0.15, 0.2) is 48.5 Å². The highest BCUT2D eigenvalue weighted by atomic mass is 16.5. The lowest BCUT2D eigenvalue weighted by Crippen LogP contribution is -2.38. The van der Waals surface area contributed by atoms with Gasteiger partial charge in [0.05, 0.1) is 0 Å². The molecule has 0 bridgehead atoms. The first-order valence-electron chi connectivity index (χ1n) is 7.05. The maximum Gasteiger partial charge on any atom is 0.267 e. The zero-order valence-corrected chi connectivity index (χ0v) is 13.0. The number of amides is 1. The van der Waals surface area contributed by atoms with Gasteiger partial charge in [-0.25, -0.2) is 0 Å². The number of carbonyl (C=O) groups is 1. The molecule has 0 fully saturated rings. The first-order chi connectivity index (χ1) is 9.99. The molecule has 0 saturated heterocycles. The van der Waals surface area contributed by atoms with E-state index in [2.05, 4.69) is 0 Å². The van der Waals surface area contributed by atoms with Crippen molar-refractivity contribution in [1.82, 2.24) is 0 Å². The molecule has 2 aromatic carbocycles. The molecule has 0 aliphatic carbocycles. The number of nitrogens with zero attached hydrogens (tertiary/aromatic N) is 1. The summed E-state index contributed by atoms with van der Waals surface area (Å²) in [6.45, 7) is 5.80. The quantitative estimate of drug-likeness (QED) is 0.855. The molecule has 0 heterocycles. The molecule has 0 aliphatic heterocycles. The summed E-state index contributed by atoms with van der Waals surface area (Å²) in [7, 11) is 1.76. The Morgan fingerprint density at radius 2 is 1.76 bits per heavy atom. The predicted molar refractivity (Wildman–Crippen MR) is 85.9 cm³/mol. The van der Waals surface area contributed by atoms with Crippen LogP contribution in [0.5, 0.6) is 5.75 Å². The number of aryl methyl sites for hydroxylation is 2. The second-order valence-corrected chi connectivity index (χ2v) is 5.26. The Balaban J connectivity index is 2.09. The number of hydrogen-bond donors (Lipinski definition) is 0. The van der Waals surface area contributed by atoms with Gasteiger partial charge in [-0.3, -0.25) is 4.79 Å². The molecule has 3 heteroatoms. The van der Waals surface area contributed by atoms with E-state index in [1.54, 1.807) is 18.9 Å². The van der Waals surface area contributed by atoms with E-state index >= 15 is 0 Å². The molecule has 2 aromatic rings. The highest BCUT2D eigenvalue weighted by Gasteiger charge is 2.20. The zero-order valence-electron chi connectivity index (χ0n) is 13.0. The molecule has 0 radical (unpaired) electrons. The van der Waals surface area contributed by atoms with Gasteiger partial charge in [0.15, 0.2) is 6.10 Å². The fraction of sp³-hybridized carbons (Fsp3) is 0.278. The number of hydrogen-bond acceptors (Lipinski definition) is 2. The van der Waals surface area contributed by atoms with Gasteiger partial charge in [0.25, 0.3) is 5.91 Å². The Kier molecular flexibility index (Phi) is 4.63. The maximum absolute atomic E-state index is 12.4. The third kappa shape index (κ3) is 3.63. The fourth-order valence-electron chi connectivity index (χ4n) is 2.22. The van der Waals surface area contributed by atoms with Crippen LogP contribution in [0.4, 0.5) is 5.69 Å². The Bertz CT molecular complexity index is 622. The van der Waals surface area contributed by atoms with Crippen LogP contribution in [0.25, 0.3) is 0 Å². The molecular formula is C18H21NO2. The van der Waals surface area contributed by atoms with Crippen molar-refractivity contribution in [2.24, 2.45) is 0 Å². The second kappa shape index (κ2) is 6.44. The summed E-state index contributed by atoms with van der Waals surface area (Å²) >= 11 is 0. The number of anilines is 1. The van der Waals surface area contributed by atoms with Gasteiger partial charge in [0, 0.05) is 12.7 Å².